The third kappa shape index (κ3) is 2.97. The summed E-state index contributed by atoms with van der Waals surface area (Å²) in [5.41, 5.74) is 1.61. The van der Waals surface area contributed by atoms with Crippen LogP contribution in [-0.2, 0) is 20.9 Å². The van der Waals surface area contributed by atoms with E-state index in [1.54, 1.807) is 7.11 Å². The van der Waals surface area contributed by atoms with E-state index in [4.69, 9.17) is 4.74 Å². The number of benzene rings is 1. The number of carbonyl (C=O) groups excluding carboxylic acids is 2. The van der Waals surface area contributed by atoms with Crippen LogP contribution in [-0.4, -0.2) is 29.1 Å². The summed E-state index contributed by atoms with van der Waals surface area (Å²) in [5.74, 6) is -0.895. The number of amides is 2. The highest BCUT2D eigenvalue weighted by Crippen LogP contribution is 2.34. The Bertz CT molecular complexity index is 716. The van der Waals surface area contributed by atoms with Crippen LogP contribution in [0.25, 0.3) is 0 Å². The molecular formula is C14H14N4O3S. The first-order valence-corrected chi connectivity index (χ1v) is 7.50. The van der Waals surface area contributed by atoms with E-state index in [1.165, 1.54) is 11.3 Å². The van der Waals surface area contributed by atoms with Gasteiger partial charge in [0.05, 0.1) is 5.92 Å². The van der Waals surface area contributed by atoms with E-state index in [0.29, 0.717) is 16.7 Å². The second-order valence-corrected chi connectivity index (χ2v) is 5.88. The Morgan fingerprint density at radius 2 is 2.23 bits per heavy atom. The summed E-state index contributed by atoms with van der Waals surface area (Å²) in [4.78, 5) is 24.1. The third-order valence-corrected chi connectivity index (χ3v) is 4.09. The van der Waals surface area contributed by atoms with Crippen molar-refractivity contribution in [2.75, 3.05) is 17.7 Å². The van der Waals surface area contributed by atoms with Gasteiger partial charge in [-0.1, -0.05) is 29.5 Å². The summed E-state index contributed by atoms with van der Waals surface area (Å²) in [5, 5.41) is 14.3. The first kappa shape index (κ1) is 14.6. The number of nitrogens with one attached hydrogen (secondary N) is 2. The van der Waals surface area contributed by atoms with Gasteiger partial charge in [0.1, 0.15) is 11.6 Å². The van der Waals surface area contributed by atoms with Gasteiger partial charge in [-0.05, 0) is 11.6 Å². The molecule has 8 heteroatoms. The van der Waals surface area contributed by atoms with Gasteiger partial charge in [-0.3, -0.25) is 9.59 Å². The fraction of sp³-hybridized carbons (Fsp3) is 0.286. The molecule has 0 spiro atoms. The minimum atomic E-state index is -0.470. The molecule has 1 atom stereocenters. The fourth-order valence-corrected chi connectivity index (χ4v) is 3.05. The number of rotatable bonds is 5. The second-order valence-electron chi connectivity index (χ2n) is 4.82. The van der Waals surface area contributed by atoms with Crippen LogP contribution in [0, 0.1) is 0 Å². The topological polar surface area (TPSA) is 93.2 Å². The number of hydrogen-bond acceptors (Lipinski definition) is 6. The van der Waals surface area contributed by atoms with Crippen molar-refractivity contribution in [2.24, 2.45) is 0 Å². The van der Waals surface area contributed by atoms with Crippen LogP contribution in [0.2, 0.25) is 0 Å². The summed E-state index contributed by atoms with van der Waals surface area (Å²) in [7, 11) is 1.57. The Kier molecular flexibility index (Phi) is 4.12. The number of ether oxygens (including phenoxy) is 1. The van der Waals surface area contributed by atoms with E-state index in [-0.39, 0.29) is 18.2 Å². The second kappa shape index (κ2) is 6.20. The minimum Gasteiger partial charge on any atom is -0.377 e. The van der Waals surface area contributed by atoms with Gasteiger partial charge in [-0.25, -0.2) is 0 Å². The fourth-order valence-electron chi connectivity index (χ4n) is 2.32. The molecule has 1 aromatic heterocycles. The summed E-state index contributed by atoms with van der Waals surface area (Å²) < 4.78 is 4.95. The Morgan fingerprint density at radius 1 is 1.41 bits per heavy atom. The molecule has 0 bridgehead atoms. The van der Waals surface area contributed by atoms with Crippen molar-refractivity contribution in [3.05, 3.63) is 34.8 Å². The molecule has 2 heterocycles. The molecule has 2 aromatic rings. The standard InChI is InChI=1S/C14H14N4O3S/c1-21-7-12-17-18-14(22-12)16-11(19)6-9-8-4-2-3-5-10(8)15-13(9)20/h2-5,9H,6-7H2,1H3,(H,15,20)(H,16,18,19)/t9-/m1/s1. The van der Waals surface area contributed by atoms with Crippen LogP contribution in [0.5, 0.6) is 0 Å². The van der Waals surface area contributed by atoms with Crippen molar-refractivity contribution in [3.8, 4) is 0 Å². The number of aromatic nitrogens is 2. The largest absolute Gasteiger partial charge is 0.377 e. The summed E-state index contributed by atoms with van der Waals surface area (Å²) in [6.45, 7) is 0.353. The molecular weight excluding hydrogens is 304 g/mol. The molecule has 0 fully saturated rings. The van der Waals surface area contributed by atoms with Crippen LogP contribution in [0.15, 0.2) is 24.3 Å². The molecule has 114 valence electrons. The number of nitrogens with zero attached hydrogens (tertiary/aromatic N) is 2. The lowest BCUT2D eigenvalue weighted by Gasteiger charge is -2.07. The van der Waals surface area contributed by atoms with Crippen LogP contribution in [0.3, 0.4) is 0 Å². The van der Waals surface area contributed by atoms with Gasteiger partial charge in [0, 0.05) is 19.2 Å². The third-order valence-electron chi connectivity index (χ3n) is 3.28. The highest BCUT2D eigenvalue weighted by Gasteiger charge is 2.32. The maximum atomic E-state index is 12.1. The zero-order valence-corrected chi connectivity index (χ0v) is 12.6. The van der Waals surface area contributed by atoms with Crippen molar-refractivity contribution < 1.29 is 14.3 Å². The van der Waals surface area contributed by atoms with Crippen molar-refractivity contribution in [1.82, 2.24) is 10.2 Å². The lowest BCUT2D eigenvalue weighted by atomic mass is 9.97. The molecule has 1 aromatic carbocycles. The highest BCUT2D eigenvalue weighted by molar-refractivity contribution is 7.15. The summed E-state index contributed by atoms with van der Waals surface area (Å²) in [6, 6.07) is 7.38. The highest BCUT2D eigenvalue weighted by atomic mass is 32.1. The van der Waals surface area contributed by atoms with Gasteiger partial charge in [-0.15, -0.1) is 10.2 Å². The number of anilines is 2. The predicted molar refractivity (Wildman–Crippen MR) is 81.7 cm³/mol. The molecule has 0 radical (unpaired) electrons. The first-order valence-electron chi connectivity index (χ1n) is 6.68. The number of carbonyl (C=O) groups is 2. The number of fused-ring (bicyclic) bond motifs is 1. The molecule has 7 nitrogen and oxygen atoms in total. The molecule has 0 aliphatic carbocycles. The van der Waals surface area contributed by atoms with Crippen molar-refractivity contribution >= 4 is 34.0 Å². The maximum Gasteiger partial charge on any atom is 0.232 e. The summed E-state index contributed by atoms with van der Waals surface area (Å²) in [6.07, 6.45) is 0.0715. The van der Waals surface area contributed by atoms with Gasteiger partial charge in [0.2, 0.25) is 16.9 Å². The molecule has 1 aliphatic heterocycles. The molecule has 0 saturated carbocycles. The zero-order valence-electron chi connectivity index (χ0n) is 11.8. The minimum absolute atomic E-state index is 0.0715. The van der Waals surface area contributed by atoms with E-state index in [0.717, 1.165) is 11.3 Å². The van der Waals surface area contributed by atoms with Gasteiger partial charge >= 0.3 is 0 Å². The predicted octanol–water partition coefficient (Wildman–Crippen LogP) is 1.75. The van der Waals surface area contributed by atoms with Crippen LogP contribution >= 0.6 is 11.3 Å². The molecule has 0 saturated heterocycles. The van der Waals surface area contributed by atoms with Crippen LogP contribution in [0.4, 0.5) is 10.8 Å². The van der Waals surface area contributed by atoms with Gasteiger partial charge in [0.15, 0.2) is 0 Å². The van der Waals surface area contributed by atoms with Crippen molar-refractivity contribution in [1.29, 1.82) is 0 Å². The Hall–Kier alpha value is -2.32. The molecule has 1 aliphatic rings. The SMILES string of the molecule is COCc1nnc(NC(=O)C[C@H]2C(=O)Nc3ccccc32)s1. The maximum absolute atomic E-state index is 12.1. The van der Waals surface area contributed by atoms with Crippen LogP contribution in [0.1, 0.15) is 22.9 Å². The Balaban J connectivity index is 1.65. The lowest BCUT2D eigenvalue weighted by Crippen LogP contribution is -2.20. The van der Waals surface area contributed by atoms with Crippen LogP contribution < -0.4 is 10.6 Å². The number of hydrogen-bond donors (Lipinski definition) is 2. The van der Waals surface area contributed by atoms with Gasteiger partial charge < -0.3 is 15.4 Å². The quantitative estimate of drug-likeness (QED) is 0.876. The van der Waals surface area contributed by atoms with Gasteiger partial charge in [-0.2, -0.15) is 0 Å². The van der Waals surface area contributed by atoms with E-state index in [9.17, 15) is 9.59 Å². The molecule has 22 heavy (non-hydrogen) atoms. The average Bonchev–Trinajstić information content (AvgIpc) is 3.05. The Labute approximate surface area is 130 Å². The molecule has 2 amide bonds. The lowest BCUT2D eigenvalue weighted by molar-refractivity contribution is -0.122. The normalized spacial score (nSPS) is 16.2. The zero-order chi connectivity index (χ0) is 15.5. The number of methoxy groups -OCH3 is 1. The Morgan fingerprint density at radius 3 is 3.05 bits per heavy atom. The van der Waals surface area contributed by atoms with Crippen molar-refractivity contribution in [3.63, 3.8) is 0 Å². The van der Waals surface area contributed by atoms with Crippen molar-refractivity contribution in [2.45, 2.75) is 18.9 Å². The number of para-hydroxylation sites is 1. The smallest absolute Gasteiger partial charge is 0.232 e. The van der Waals surface area contributed by atoms with E-state index < -0.39 is 5.92 Å². The van der Waals surface area contributed by atoms with E-state index in [2.05, 4.69) is 20.8 Å². The summed E-state index contributed by atoms with van der Waals surface area (Å²) >= 11 is 1.25. The monoisotopic (exact) mass is 318 g/mol. The first-order chi connectivity index (χ1) is 10.7. The van der Waals surface area contributed by atoms with E-state index in [1.807, 2.05) is 24.3 Å². The molecule has 0 unspecified atom stereocenters. The van der Waals surface area contributed by atoms with E-state index >= 15 is 0 Å². The molecule has 2 N–H and O–H groups in total. The molecule has 3 rings (SSSR count). The van der Waals surface area contributed by atoms with Gasteiger partial charge in [0.25, 0.3) is 0 Å². The average molecular weight is 318 g/mol.